The first kappa shape index (κ1) is 11.4. The van der Waals surface area contributed by atoms with Crippen molar-refractivity contribution in [3.63, 3.8) is 0 Å². The average molecular weight is 242 g/mol. The van der Waals surface area contributed by atoms with Crippen molar-refractivity contribution in [3.8, 4) is 11.4 Å². The normalized spacial score (nSPS) is 18.7. The fourth-order valence-corrected chi connectivity index (χ4v) is 2.70. The van der Waals surface area contributed by atoms with Gasteiger partial charge in [0.1, 0.15) is 5.82 Å². The zero-order chi connectivity index (χ0) is 12.7. The molecule has 1 aromatic heterocycles. The molecular weight excluding hydrogens is 224 g/mol. The number of aryl methyl sites for hydroxylation is 3. The van der Waals surface area contributed by atoms with Crippen LogP contribution in [0.4, 0.5) is 0 Å². The first-order valence-corrected chi connectivity index (χ1v) is 6.41. The molecule has 0 amide bonds. The van der Waals surface area contributed by atoms with Crippen LogP contribution in [0.25, 0.3) is 11.4 Å². The topological polar surface area (TPSA) is 56.7 Å². The summed E-state index contributed by atoms with van der Waals surface area (Å²) in [7, 11) is 0. The van der Waals surface area contributed by atoms with Gasteiger partial charge in [-0.15, -0.1) is 10.2 Å². The lowest BCUT2D eigenvalue weighted by molar-refractivity contribution is 0.456. The zero-order valence-corrected chi connectivity index (χ0v) is 10.8. The van der Waals surface area contributed by atoms with Crippen molar-refractivity contribution < 1.29 is 0 Å². The molecule has 18 heavy (non-hydrogen) atoms. The average Bonchev–Trinajstić information content (AvgIpc) is 2.72. The molecule has 4 nitrogen and oxygen atoms in total. The van der Waals surface area contributed by atoms with Gasteiger partial charge in [-0.25, -0.2) is 0 Å². The minimum atomic E-state index is 0.219. The van der Waals surface area contributed by atoms with E-state index in [1.807, 2.05) is 0 Å². The molecule has 0 radical (unpaired) electrons. The molecule has 0 saturated carbocycles. The van der Waals surface area contributed by atoms with Crippen molar-refractivity contribution in [3.05, 3.63) is 35.2 Å². The number of nitrogens with two attached hydrogens (primary N) is 1. The Balaban J connectivity index is 2.16. The standard InChI is InChI=1S/C14H18N4/c1-9-4-3-5-10(2)13(9)14-17-16-12-7-6-11(15)8-18(12)14/h3-5,11H,6-8,15H2,1-2H3. The van der Waals surface area contributed by atoms with Crippen molar-refractivity contribution in [2.45, 2.75) is 39.3 Å². The van der Waals surface area contributed by atoms with Gasteiger partial charge in [0.05, 0.1) is 0 Å². The smallest absolute Gasteiger partial charge is 0.164 e. The van der Waals surface area contributed by atoms with Crippen LogP contribution in [0.3, 0.4) is 0 Å². The second kappa shape index (κ2) is 4.21. The number of fused-ring (bicyclic) bond motifs is 1. The van der Waals surface area contributed by atoms with E-state index in [0.29, 0.717) is 0 Å². The minimum Gasteiger partial charge on any atom is -0.326 e. The van der Waals surface area contributed by atoms with E-state index >= 15 is 0 Å². The summed E-state index contributed by atoms with van der Waals surface area (Å²) in [5.74, 6) is 2.03. The summed E-state index contributed by atoms with van der Waals surface area (Å²) in [5, 5.41) is 8.69. The van der Waals surface area contributed by atoms with Gasteiger partial charge in [-0.3, -0.25) is 0 Å². The van der Waals surface area contributed by atoms with E-state index in [1.165, 1.54) is 16.7 Å². The molecule has 0 spiro atoms. The highest BCUT2D eigenvalue weighted by Gasteiger charge is 2.22. The first-order valence-electron chi connectivity index (χ1n) is 6.41. The summed E-state index contributed by atoms with van der Waals surface area (Å²) < 4.78 is 2.18. The Bertz CT molecular complexity index is 565. The van der Waals surface area contributed by atoms with Crippen LogP contribution in [0, 0.1) is 13.8 Å². The Labute approximate surface area is 107 Å². The maximum Gasteiger partial charge on any atom is 0.164 e. The van der Waals surface area contributed by atoms with Crippen LogP contribution in [0.2, 0.25) is 0 Å². The quantitative estimate of drug-likeness (QED) is 0.830. The molecule has 0 bridgehead atoms. The van der Waals surface area contributed by atoms with Gasteiger partial charge in [0, 0.05) is 24.6 Å². The summed E-state index contributed by atoms with van der Waals surface area (Å²) in [6, 6.07) is 6.53. The van der Waals surface area contributed by atoms with Gasteiger partial charge in [0.25, 0.3) is 0 Å². The minimum absolute atomic E-state index is 0.219. The van der Waals surface area contributed by atoms with Crippen LogP contribution < -0.4 is 5.73 Å². The van der Waals surface area contributed by atoms with E-state index in [1.54, 1.807) is 0 Å². The lowest BCUT2D eigenvalue weighted by Gasteiger charge is -2.21. The number of hydrogen-bond donors (Lipinski definition) is 1. The maximum absolute atomic E-state index is 6.06. The number of nitrogens with zero attached hydrogens (tertiary/aromatic N) is 3. The lowest BCUT2D eigenvalue weighted by atomic mass is 10.0. The Hall–Kier alpha value is -1.68. The molecule has 1 aromatic carbocycles. The third kappa shape index (κ3) is 1.73. The van der Waals surface area contributed by atoms with Crippen LogP contribution in [0.15, 0.2) is 18.2 Å². The Kier molecular flexibility index (Phi) is 2.67. The van der Waals surface area contributed by atoms with Gasteiger partial charge in [0.2, 0.25) is 0 Å². The largest absolute Gasteiger partial charge is 0.326 e. The van der Waals surface area contributed by atoms with Crippen molar-refractivity contribution in [2.24, 2.45) is 5.73 Å². The van der Waals surface area contributed by atoms with Gasteiger partial charge in [-0.1, -0.05) is 18.2 Å². The summed E-state index contributed by atoms with van der Waals surface area (Å²) in [6.07, 6.45) is 1.93. The maximum atomic E-state index is 6.06. The van der Waals surface area contributed by atoms with Gasteiger partial charge in [-0.05, 0) is 31.4 Å². The van der Waals surface area contributed by atoms with E-state index in [2.05, 4.69) is 46.8 Å². The SMILES string of the molecule is Cc1cccc(C)c1-c1nnc2n1CC(N)CC2. The fourth-order valence-electron chi connectivity index (χ4n) is 2.70. The van der Waals surface area contributed by atoms with Crippen LogP contribution in [0.5, 0.6) is 0 Å². The third-order valence-electron chi connectivity index (χ3n) is 3.69. The van der Waals surface area contributed by atoms with E-state index in [0.717, 1.165) is 31.0 Å². The number of benzene rings is 1. The van der Waals surface area contributed by atoms with Crippen molar-refractivity contribution >= 4 is 0 Å². The Morgan fingerprint density at radius 2 is 1.94 bits per heavy atom. The number of hydrogen-bond acceptors (Lipinski definition) is 3. The molecule has 94 valence electrons. The van der Waals surface area contributed by atoms with Crippen molar-refractivity contribution in [2.75, 3.05) is 0 Å². The van der Waals surface area contributed by atoms with Crippen LogP contribution in [0.1, 0.15) is 23.4 Å². The van der Waals surface area contributed by atoms with Gasteiger partial charge in [-0.2, -0.15) is 0 Å². The van der Waals surface area contributed by atoms with Gasteiger partial charge < -0.3 is 10.3 Å². The van der Waals surface area contributed by atoms with Crippen molar-refractivity contribution in [1.82, 2.24) is 14.8 Å². The van der Waals surface area contributed by atoms with Crippen molar-refractivity contribution in [1.29, 1.82) is 0 Å². The van der Waals surface area contributed by atoms with Crippen LogP contribution in [-0.2, 0) is 13.0 Å². The fraction of sp³-hybridized carbons (Fsp3) is 0.429. The number of rotatable bonds is 1. The molecule has 0 saturated heterocycles. The zero-order valence-electron chi connectivity index (χ0n) is 10.8. The van der Waals surface area contributed by atoms with E-state index < -0.39 is 0 Å². The second-order valence-corrected chi connectivity index (χ2v) is 5.12. The highest BCUT2D eigenvalue weighted by Crippen LogP contribution is 2.28. The summed E-state index contributed by atoms with van der Waals surface area (Å²) >= 11 is 0. The molecule has 2 N–H and O–H groups in total. The van der Waals surface area contributed by atoms with Crippen LogP contribution >= 0.6 is 0 Å². The molecular formula is C14H18N4. The molecule has 1 aliphatic rings. The highest BCUT2D eigenvalue weighted by molar-refractivity contribution is 5.64. The van der Waals surface area contributed by atoms with Crippen LogP contribution in [-0.4, -0.2) is 20.8 Å². The third-order valence-corrected chi connectivity index (χ3v) is 3.69. The molecule has 0 aliphatic carbocycles. The van der Waals surface area contributed by atoms with Gasteiger partial charge in [0.15, 0.2) is 5.82 Å². The Morgan fingerprint density at radius 1 is 1.22 bits per heavy atom. The van der Waals surface area contributed by atoms with Gasteiger partial charge >= 0.3 is 0 Å². The Morgan fingerprint density at radius 3 is 2.67 bits per heavy atom. The molecule has 0 fully saturated rings. The molecule has 2 heterocycles. The summed E-state index contributed by atoms with van der Waals surface area (Å²) in [5.41, 5.74) is 9.74. The molecule has 2 aromatic rings. The lowest BCUT2D eigenvalue weighted by Crippen LogP contribution is -2.32. The summed E-state index contributed by atoms with van der Waals surface area (Å²) in [6.45, 7) is 5.06. The molecule has 3 rings (SSSR count). The number of aromatic nitrogens is 3. The molecule has 4 heteroatoms. The summed E-state index contributed by atoms with van der Waals surface area (Å²) in [4.78, 5) is 0. The monoisotopic (exact) mass is 242 g/mol. The van der Waals surface area contributed by atoms with E-state index in [4.69, 9.17) is 5.73 Å². The predicted octanol–water partition coefficient (Wildman–Crippen LogP) is 1.84. The predicted molar refractivity (Wildman–Crippen MR) is 71.2 cm³/mol. The first-order chi connectivity index (χ1) is 8.66. The molecule has 1 aliphatic heterocycles. The highest BCUT2D eigenvalue weighted by atomic mass is 15.3. The van der Waals surface area contributed by atoms with E-state index in [-0.39, 0.29) is 6.04 Å². The molecule has 1 atom stereocenters. The van der Waals surface area contributed by atoms with E-state index in [9.17, 15) is 0 Å². The molecule has 1 unspecified atom stereocenters. The second-order valence-electron chi connectivity index (χ2n) is 5.12.